The Kier molecular flexibility index (Phi) is 7.32. The molecule has 0 aromatic heterocycles. The first kappa shape index (κ1) is 22.3. The van der Waals surface area contributed by atoms with Gasteiger partial charge in [0.15, 0.2) is 0 Å². The number of sulfonamides is 1. The van der Waals surface area contributed by atoms with Crippen LogP contribution in [-0.2, 0) is 19.6 Å². The van der Waals surface area contributed by atoms with E-state index in [9.17, 15) is 22.8 Å². The van der Waals surface area contributed by atoms with E-state index in [1.807, 2.05) is 5.32 Å². The van der Waals surface area contributed by atoms with Crippen LogP contribution in [0.1, 0.15) is 22.0 Å². The number of esters is 1. The highest BCUT2D eigenvalue weighted by Crippen LogP contribution is 2.25. The zero-order valence-corrected chi connectivity index (χ0v) is 17.0. The largest absolute Gasteiger partial charge is 0.444 e. The van der Waals surface area contributed by atoms with Crippen LogP contribution in [0.2, 0.25) is 5.02 Å². The highest BCUT2D eigenvalue weighted by molar-refractivity contribution is 7.89. The third-order valence-corrected chi connectivity index (χ3v) is 5.51. The van der Waals surface area contributed by atoms with Crippen molar-refractivity contribution in [2.45, 2.75) is 11.0 Å². The molecule has 0 aliphatic rings. The summed E-state index contributed by atoms with van der Waals surface area (Å²) in [4.78, 5) is 36.4. The van der Waals surface area contributed by atoms with E-state index in [4.69, 9.17) is 16.3 Å². The lowest BCUT2D eigenvalue weighted by Crippen LogP contribution is -2.41. The van der Waals surface area contributed by atoms with Crippen molar-refractivity contribution in [3.05, 3.63) is 64.7 Å². The van der Waals surface area contributed by atoms with Crippen LogP contribution >= 0.6 is 11.6 Å². The fourth-order valence-corrected chi connectivity index (χ4v) is 3.21. The zero-order chi connectivity index (χ0) is 21.6. The van der Waals surface area contributed by atoms with Crippen LogP contribution in [0.15, 0.2) is 53.4 Å². The Balaban J connectivity index is 2.39. The third kappa shape index (κ3) is 5.53. The summed E-state index contributed by atoms with van der Waals surface area (Å²) in [6.45, 7) is 0. The molecule has 0 fully saturated rings. The van der Waals surface area contributed by atoms with Crippen molar-refractivity contribution < 1.29 is 27.5 Å². The Hall–Kier alpha value is -2.95. The smallest absolute Gasteiger partial charge is 0.340 e. The molecule has 0 saturated heterocycles. The number of urea groups is 1. The van der Waals surface area contributed by atoms with Crippen LogP contribution in [0.5, 0.6) is 0 Å². The number of halogens is 1. The van der Waals surface area contributed by atoms with Crippen molar-refractivity contribution in [1.29, 1.82) is 0 Å². The summed E-state index contributed by atoms with van der Waals surface area (Å²) >= 11 is 6.02. The van der Waals surface area contributed by atoms with Gasteiger partial charge in [-0.25, -0.2) is 22.7 Å². The highest BCUT2D eigenvalue weighted by Gasteiger charge is 2.28. The lowest BCUT2D eigenvalue weighted by Gasteiger charge is -2.18. The summed E-state index contributed by atoms with van der Waals surface area (Å²) in [7, 11) is -1.30. The minimum absolute atomic E-state index is 0.0661. The lowest BCUT2D eigenvalue weighted by atomic mass is 10.1. The van der Waals surface area contributed by atoms with E-state index >= 15 is 0 Å². The first-order valence-corrected chi connectivity index (χ1v) is 10.1. The number of nitrogens with one attached hydrogen (secondary N) is 3. The molecule has 0 aliphatic carbocycles. The summed E-state index contributed by atoms with van der Waals surface area (Å²) in [5.74, 6) is -1.93. The minimum atomic E-state index is -3.84. The number of benzene rings is 2. The number of hydrogen-bond donors (Lipinski definition) is 3. The van der Waals surface area contributed by atoms with Crippen LogP contribution in [0.25, 0.3) is 0 Å². The number of ether oxygens (including phenoxy) is 1. The van der Waals surface area contributed by atoms with E-state index in [1.165, 1.54) is 38.4 Å². The predicted octanol–water partition coefficient (Wildman–Crippen LogP) is 1.60. The predicted molar refractivity (Wildman–Crippen MR) is 105 cm³/mol. The number of carbonyl (C=O) groups excluding carboxylic acids is 3. The summed E-state index contributed by atoms with van der Waals surface area (Å²) < 4.78 is 31.4. The molecule has 1 atom stereocenters. The van der Waals surface area contributed by atoms with Gasteiger partial charge in [0.25, 0.3) is 5.91 Å². The number of rotatable bonds is 6. The van der Waals surface area contributed by atoms with Crippen LogP contribution in [0.3, 0.4) is 0 Å². The molecule has 0 bridgehead atoms. The maximum absolute atomic E-state index is 12.7. The molecule has 154 valence electrons. The van der Waals surface area contributed by atoms with Crippen molar-refractivity contribution in [3.8, 4) is 0 Å². The second kappa shape index (κ2) is 9.50. The van der Waals surface area contributed by atoms with Crippen molar-refractivity contribution >= 4 is 39.5 Å². The van der Waals surface area contributed by atoms with Gasteiger partial charge in [0, 0.05) is 12.6 Å². The number of imide groups is 1. The Labute approximate surface area is 172 Å². The molecule has 0 spiro atoms. The van der Waals surface area contributed by atoms with Gasteiger partial charge in [0.1, 0.15) is 0 Å². The molecule has 29 heavy (non-hydrogen) atoms. The maximum atomic E-state index is 12.7. The summed E-state index contributed by atoms with van der Waals surface area (Å²) in [6.07, 6.45) is -1.47. The number of amides is 3. The fourth-order valence-electron chi connectivity index (χ4n) is 2.26. The van der Waals surface area contributed by atoms with Gasteiger partial charge in [-0.3, -0.25) is 10.1 Å². The molecule has 0 saturated carbocycles. The third-order valence-electron chi connectivity index (χ3n) is 3.77. The van der Waals surface area contributed by atoms with Crippen LogP contribution < -0.4 is 15.4 Å². The average Bonchev–Trinajstić information content (AvgIpc) is 2.72. The molecule has 2 aromatic rings. The molecular weight excluding hydrogens is 422 g/mol. The standard InChI is InChI=1S/C18H18ClN3O6S/c1-20-18(25)22-16(23)15(11-6-4-3-5-7-11)28-17(24)13-10-12(8-9-14(13)19)29(26,27)21-2/h3-10,15,21H,1-2H3,(H2,20,22,23,25). The van der Waals surface area contributed by atoms with Crippen LogP contribution in [0.4, 0.5) is 4.79 Å². The molecular formula is C18H18ClN3O6S. The molecule has 2 aromatic carbocycles. The Morgan fingerprint density at radius 2 is 1.69 bits per heavy atom. The molecule has 0 heterocycles. The molecule has 0 aliphatic heterocycles. The van der Waals surface area contributed by atoms with E-state index in [2.05, 4.69) is 10.0 Å². The van der Waals surface area contributed by atoms with Gasteiger partial charge >= 0.3 is 12.0 Å². The van der Waals surface area contributed by atoms with Crippen molar-refractivity contribution in [3.63, 3.8) is 0 Å². The molecule has 1 unspecified atom stereocenters. The van der Waals surface area contributed by atoms with E-state index in [0.29, 0.717) is 5.56 Å². The summed E-state index contributed by atoms with van der Waals surface area (Å²) in [6, 6.07) is 10.7. The van der Waals surface area contributed by atoms with E-state index < -0.39 is 34.0 Å². The SMILES string of the molecule is CNC(=O)NC(=O)C(OC(=O)c1cc(S(=O)(=O)NC)ccc1Cl)c1ccccc1. The normalized spacial score (nSPS) is 12.0. The maximum Gasteiger partial charge on any atom is 0.340 e. The molecule has 3 N–H and O–H groups in total. The monoisotopic (exact) mass is 439 g/mol. The Morgan fingerprint density at radius 3 is 2.28 bits per heavy atom. The molecule has 0 radical (unpaired) electrons. The topological polar surface area (TPSA) is 131 Å². The zero-order valence-electron chi connectivity index (χ0n) is 15.4. The Bertz CT molecular complexity index is 1030. The van der Waals surface area contributed by atoms with E-state index in [1.54, 1.807) is 18.2 Å². The van der Waals surface area contributed by atoms with E-state index in [-0.39, 0.29) is 15.5 Å². The summed E-state index contributed by atoms with van der Waals surface area (Å²) in [5.41, 5.74) is 0.0500. The Morgan fingerprint density at radius 1 is 1.03 bits per heavy atom. The number of hydrogen-bond acceptors (Lipinski definition) is 6. The molecule has 9 nitrogen and oxygen atoms in total. The second-order valence-corrected chi connectivity index (χ2v) is 7.91. The first-order valence-electron chi connectivity index (χ1n) is 8.21. The van der Waals surface area contributed by atoms with E-state index in [0.717, 1.165) is 6.07 Å². The van der Waals surface area contributed by atoms with Gasteiger partial charge in [0.05, 0.1) is 15.5 Å². The summed E-state index contributed by atoms with van der Waals surface area (Å²) in [5, 5.41) is 4.19. The van der Waals surface area contributed by atoms with Gasteiger partial charge in [-0.15, -0.1) is 0 Å². The fraction of sp³-hybridized carbons (Fsp3) is 0.167. The average molecular weight is 440 g/mol. The lowest BCUT2D eigenvalue weighted by molar-refractivity contribution is -0.129. The first-order chi connectivity index (χ1) is 13.7. The second-order valence-electron chi connectivity index (χ2n) is 5.61. The van der Waals surface area contributed by atoms with Crippen LogP contribution in [-0.4, -0.2) is 40.4 Å². The molecule has 2 rings (SSSR count). The van der Waals surface area contributed by atoms with Gasteiger partial charge < -0.3 is 10.1 Å². The van der Waals surface area contributed by atoms with Gasteiger partial charge in [-0.05, 0) is 25.2 Å². The minimum Gasteiger partial charge on any atom is -0.444 e. The quantitative estimate of drug-likeness (QED) is 0.586. The van der Waals surface area contributed by atoms with Crippen LogP contribution in [0, 0.1) is 0 Å². The van der Waals surface area contributed by atoms with Crippen molar-refractivity contribution in [2.75, 3.05) is 14.1 Å². The van der Waals surface area contributed by atoms with Gasteiger partial charge in [-0.1, -0.05) is 41.9 Å². The highest BCUT2D eigenvalue weighted by atomic mass is 35.5. The van der Waals surface area contributed by atoms with Crippen molar-refractivity contribution in [1.82, 2.24) is 15.4 Å². The number of carbonyl (C=O) groups is 3. The van der Waals surface area contributed by atoms with Gasteiger partial charge in [-0.2, -0.15) is 0 Å². The molecule has 3 amide bonds. The molecule has 11 heteroatoms. The van der Waals surface area contributed by atoms with Gasteiger partial charge in [0.2, 0.25) is 16.1 Å². The van der Waals surface area contributed by atoms with Crippen molar-refractivity contribution in [2.24, 2.45) is 0 Å².